The van der Waals surface area contributed by atoms with E-state index in [1.807, 2.05) is 6.92 Å². The van der Waals surface area contributed by atoms with Gasteiger partial charge in [-0.05, 0) is 44.5 Å². The normalized spacial score (nSPS) is 14.6. The quantitative estimate of drug-likeness (QED) is 0.695. The van der Waals surface area contributed by atoms with E-state index in [2.05, 4.69) is 10.3 Å². The number of fused-ring (bicyclic) bond motifs is 1. The van der Waals surface area contributed by atoms with Crippen molar-refractivity contribution in [1.29, 1.82) is 0 Å². The van der Waals surface area contributed by atoms with Crippen LogP contribution in [0.3, 0.4) is 0 Å². The molecular formula is C18H20F6N2O. The van der Waals surface area contributed by atoms with E-state index in [-0.39, 0.29) is 17.4 Å². The minimum Gasteiger partial charge on any atom is -0.388 e. The van der Waals surface area contributed by atoms with Crippen molar-refractivity contribution in [1.82, 2.24) is 10.3 Å². The Morgan fingerprint density at radius 2 is 1.70 bits per heavy atom. The maximum Gasteiger partial charge on any atom is 0.433 e. The predicted octanol–water partition coefficient (Wildman–Crippen LogP) is 5.08. The number of aliphatic hydroxyl groups is 1. The van der Waals surface area contributed by atoms with Crippen LogP contribution in [0.5, 0.6) is 0 Å². The van der Waals surface area contributed by atoms with Crippen LogP contribution in [0.1, 0.15) is 50.1 Å². The van der Waals surface area contributed by atoms with Gasteiger partial charge in [0.2, 0.25) is 0 Å². The fraction of sp³-hybridized carbons (Fsp3) is 0.500. The molecule has 0 radical (unpaired) electrons. The van der Waals surface area contributed by atoms with Crippen molar-refractivity contribution in [3.05, 3.63) is 41.1 Å². The zero-order chi connectivity index (χ0) is 20.6. The minimum absolute atomic E-state index is 0.00744. The molecule has 0 aliphatic heterocycles. The molecule has 150 valence electrons. The van der Waals surface area contributed by atoms with Gasteiger partial charge in [0, 0.05) is 10.9 Å². The lowest BCUT2D eigenvalue weighted by Gasteiger charge is -2.29. The topological polar surface area (TPSA) is 45.1 Å². The van der Waals surface area contributed by atoms with Crippen LogP contribution in [0, 0.1) is 0 Å². The van der Waals surface area contributed by atoms with Crippen LogP contribution >= 0.6 is 0 Å². The number of pyridine rings is 1. The molecule has 0 saturated heterocycles. The van der Waals surface area contributed by atoms with E-state index in [0.29, 0.717) is 18.7 Å². The first-order valence-corrected chi connectivity index (χ1v) is 8.27. The number of benzene rings is 1. The molecule has 1 aromatic carbocycles. The van der Waals surface area contributed by atoms with Crippen molar-refractivity contribution < 1.29 is 31.4 Å². The molecule has 1 unspecified atom stereocenters. The smallest absolute Gasteiger partial charge is 0.388 e. The number of hydrogen-bond acceptors (Lipinski definition) is 3. The maximum absolute atomic E-state index is 13.3. The van der Waals surface area contributed by atoms with Gasteiger partial charge in [0.15, 0.2) is 0 Å². The Kier molecular flexibility index (Phi) is 5.77. The van der Waals surface area contributed by atoms with E-state index in [1.54, 1.807) is 13.8 Å². The molecule has 0 spiro atoms. The molecular weight excluding hydrogens is 374 g/mol. The van der Waals surface area contributed by atoms with Gasteiger partial charge in [-0.25, -0.2) is 4.98 Å². The molecule has 2 aromatic rings. The number of nitrogens with zero attached hydrogens (tertiary/aromatic N) is 1. The van der Waals surface area contributed by atoms with Crippen molar-refractivity contribution in [2.24, 2.45) is 0 Å². The van der Waals surface area contributed by atoms with E-state index in [1.165, 1.54) is 6.07 Å². The third-order valence-corrected chi connectivity index (χ3v) is 4.19. The standard InChI is InChI=1S/C18H20F6N2O/c1-4-25-16(2,3)9-13(27)11-8-14(18(22,23)24)26-15-10(11)6-5-7-12(15)17(19,20)21/h5-8,13,25,27H,4,9H2,1-3H3. The van der Waals surface area contributed by atoms with Crippen LogP contribution in [0.2, 0.25) is 0 Å². The van der Waals surface area contributed by atoms with Gasteiger partial charge in [-0.15, -0.1) is 0 Å². The first kappa shape index (κ1) is 21.4. The summed E-state index contributed by atoms with van der Waals surface area (Å²) in [7, 11) is 0. The molecule has 0 bridgehead atoms. The second-order valence-corrected chi connectivity index (χ2v) is 6.93. The summed E-state index contributed by atoms with van der Waals surface area (Å²) in [5.74, 6) is 0. The highest BCUT2D eigenvalue weighted by molar-refractivity contribution is 5.86. The van der Waals surface area contributed by atoms with Crippen molar-refractivity contribution >= 4 is 10.9 Å². The molecule has 1 atom stereocenters. The number of halogens is 6. The van der Waals surface area contributed by atoms with Gasteiger partial charge in [-0.3, -0.25) is 0 Å². The maximum atomic E-state index is 13.3. The Balaban J connectivity index is 2.71. The first-order chi connectivity index (χ1) is 12.3. The zero-order valence-corrected chi connectivity index (χ0v) is 15.0. The highest BCUT2D eigenvalue weighted by atomic mass is 19.4. The summed E-state index contributed by atoms with van der Waals surface area (Å²) in [6.45, 7) is 5.87. The first-order valence-electron chi connectivity index (χ1n) is 8.27. The van der Waals surface area contributed by atoms with E-state index in [0.717, 1.165) is 6.07 Å². The summed E-state index contributed by atoms with van der Waals surface area (Å²) in [5, 5.41) is 13.5. The number of aromatic nitrogens is 1. The molecule has 0 amide bonds. The van der Waals surface area contributed by atoms with Gasteiger partial charge in [0.1, 0.15) is 5.69 Å². The van der Waals surface area contributed by atoms with Crippen LogP contribution in [-0.2, 0) is 12.4 Å². The van der Waals surface area contributed by atoms with Crippen molar-refractivity contribution in [2.75, 3.05) is 6.54 Å². The molecule has 1 heterocycles. The molecule has 0 aliphatic rings. The third-order valence-electron chi connectivity index (χ3n) is 4.19. The molecule has 27 heavy (non-hydrogen) atoms. The largest absolute Gasteiger partial charge is 0.433 e. The van der Waals surface area contributed by atoms with Gasteiger partial charge in [0.05, 0.1) is 17.2 Å². The van der Waals surface area contributed by atoms with Crippen molar-refractivity contribution in [3.63, 3.8) is 0 Å². The van der Waals surface area contributed by atoms with Crippen LogP contribution in [-0.4, -0.2) is 22.2 Å². The summed E-state index contributed by atoms with van der Waals surface area (Å²) < 4.78 is 79.4. The monoisotopic (exact) mass is 394 g/mol. The molecule has 2 N–H and O–H groups in total. The van der Waals surface area contributed by atoms with E-state index < -0.39 is 40.8 Å². The van der Waals surface area contributed by atoms with Gasteiger partial charge in [0.25, 0.3) is 0 Å². The zero-order valence-electron chi connectivity index (χ0n) is 15.0. The van der Waals surface area contributed by atoms with Crippen molar-refractivity contribution in [3.8, 4) is 0 Å². The fourth-order valence-corrected chi connectivity index (χ4v) is 3.07. The van der Waals surface area contributed by atoms with Gasteiger partial charge in [-0.2, -0.15) is 26.3 Å². The number of nitrogens with one attached hydrogen (secondary N) is 1. The second-order valence-electron chi connectivity index (χ2n) is 6.93. The van der Waals surface area contributed by atoms with Crippen LogP contribution in [0.25, 0.3) is 10.9 Å². The van der Waals surface area contributed by atoms with E-state index in [9.17, 15) is 31.4 Å². The Morgan fingerprint density at radius 1 is 1.07 bits per heavy atom. The van der Waals surface area contributed by atoms with Gasteiger partial charge < -0.3 is 10.4 Å². The van der Waals surface area contributed by atoms with Crippen LogP contribution < -0.4 is 5.32 Å². The minimum atomic E-state index is -4.95. The number of para-hydroxylation sites is 1. The number of alkyl halides is 6. The van der Waals surface area contributed by atoms with Crippen LogP contribution in [0.15, 0.2) is 24.3 Å². The van der Waals surface area contributed by atoms with Crippen molar-refractivity contribution in [2.45, 2.75) is 51.2 Å². The Bertz CT molecular complexity index is 814. The number of hydrogen-bond donors (Lipinski definition) is 2. The van der Waals surface area contributed by atoms with Gasteiger partial charge >= 0.3 is 12.4 Å². The molecule has 0 saturated carbocycles. The third kappa shape index (κ3) is 4.90. The lowest BCUT2D eigenvalue weighted by Crippen LogP contribution is -2.40. The SMILES string of the molecule is CCNC(C)(C)CC(O)c1cc(C(F)(F)F)nc2c(C(F)(F)F)cccc12. The molecule has 3 nitrogen and oxygen atoms in total. The summed E-state index contributed by atoms with van der Waals surface area (Å²) in [6.07, 6.45) is -11.2. The number of aliphatic hydroxyl groups excluding tert-OH is 1. The highest BCUT2D eigenvalue weighted by Gasteiger charge is 2.38. The lowest BCUT2D eigenvalue weighted by atomic mass is 9.90. The predicted molar refractivity (Wildman–Crippen MR) is 89.1 cm³/mol. The van der Waals surface area contributed by atoms with Gasteiger partial charge in [-0.1, -0.05) is 19.1 Å². The average Bonchev–Trinajstić information content (AvgIpc) is 2.50. The second kappa shape index (κ2) is 7.27. The Morgan fingerprint density at radius 3 is 2.22 bits per heavy atom. The summed E-state index contributed by atoms with van der Waals surface area (Å²) >= 11 is 0. The fourth-order valence-electron chi connectivity index (χ4n) is 3.07. The average molecular weight is 394 g/mol. The summed E-state index contributed by atoms with van der Waals surface area (Å²) in [6, 6.07) is 3.62. The molecule has 9 heteroatoms. The Labute approximate surface area is 152 Å². The summed E-state index contributed by atoms with van der Waals surface area (Å²) in [5.41, 5.74) is -4.43. The molecule has 1 aromatic heterocycles. The lowest BCUT2D eigenvalue weighted by molar-refractivity contribution is -0.142. The van der Waals surface area contributed by atoms with Crippen LogP contribution in [0.4, 0.5) is 26.3 Å². The Hall–Kier alpha value is -1.87. The van der Waals surface area contributed by atoms with E-state index in [4.69, 9.17) is 0 Å². The molecule has 0 fully saturated rings. The summed E-state index contributed by atoms with van der Waals surface area (Å²) in [4.78, 5) is 3.22. The number of rotatable bonds is 5. The highest BCUT2D eigenvalue weighted by Crippen LogP contribution is 2.40. The molecule has 0 aliphatic carbocycles. The molecule has 2 rings (SSSR count). The van der Waals surface area contributed by atoms with E-state index >= 15 is 0 Å².